The average Bonchev–Trinajstić information content (AvgIpc) is 3.66. The van der Waals surface area contributed by atoms with E-state index in [1.54, 1.807) is 0 Å². The minimum atomic E-state index is -0.587. The number of hydrogen-bond donors (Lipinski definition) is 2. The third-order valence-corrected chi connectivity index (χ3v) is 7.94. The average molecular weight is 492 g/mol. The van der Waals surface area contributed by atoms with Crippen LogP contribution >= 0.6 is 0 Å². The number of aliphatic hydroxyl groups is 1. The molecule has 0 radical (unpaired) electrons. The van der Waals surface area contributed by atoms with Crippen LogP contribution < -0.4 is 10.6 Å². The fourth-order valence-electron chi connectivity index (χ4n) is 5.87. The summed E-state index contributed by atoms with van der Waals surface area (Å²) < 4.78 is 1.94. The van der Waals surface area contributed by atoms with E-state index < -0.39 is 11.1 Å². The Labute approximate surface area is 214 Å². The van der Waals surface area contributed by atoms with Gasteiger partial charge < -0.3 is 15.7 Å². The molecule has 7 rings (SSSR count). The summed E-state index contributed by atoms with van der Waals surface area (Å²) in [7, 11) is 3.88. The number of fused-ring (bicyclic) bond motifs is 3. The van der Waals surface area contributed by atoms with Gasteiger partial charge in [-0.15, -0.1) is 10.2 Å². The summed E-state index contributed by atoms with van der Waals surface area (Å²) in [6.45, 7) is 0. The summed E-state index contributed by atoms with van der Waals surface area (Å²) in [5.41, 5.74) is 12.5. The zero-order valence-corrected chi connectivity index (χ0v) is 21.0. The Morgan fingerprint density at radius 1 is 0.865 bits per heavy atom. The Morgan fingerprint density at radius 3 is 2.22 bits per heavy atom. The Hall–Kier alpha value is -3.88. The molecule has 2 aliphatic rings. The quantitative estimate of drug-likeness (QED) is 0.380. The Balaban J connectivity index is 1.35. The van der Waals surface area contributed by atoms with Crippen LogP contribution in [0.2, 0.25) is 0 Å². The maximum atomic E-state index is 10.8. The molecule has 0 aliphatic heterocycles. The Bertz CT molecular complexity index is 1630. The second kappa shape index (κ2) is 7.81. The Morgan fingerprint density at radius 2 is 1.54 bits per heavy atom. The molecule has 2 aromatic carbocycles. The van der Waals surface area contributed by atoms with Gasteiger partial charge in [-0.05, 0) is 49.3 Å². The standard InChI is InChI=1S/C29H29N7O/c1-35(2)27-34-33-23-15-14-22-26(36(23)27)32-25(18-6-4-3-5-7-18)24(31-22)19-8-10-20(11-9-19)28(30)16-29(37,17-28)21-12-13-21/h3-11,14-15,21,37H,12-13,16-17,30H2,1-2H3/t28-,29-. The first-order valence-electron chi connectivity index (χ1n) is 12.8. The van der Waals surface area contributed by atoms with E-state index in [-0.39, 0.29) is 0 Å². The highest BCUT2D eigenvalue weighted by Gasteiger charge is 2.58. The van der Waals surface area contributed by atoms with Crippen molar-refractivity contribution in [2.24, 2.45) is 11.7 Å². The maximum Gasteiger partial charge on any atom is 0.232 e. The van der Waals surface area contributed by atoms with Crippen LogP contribution in [0.1, 0.15) is 31.2 Å². The normalized spacial score (nSPS) is 23.4. The van der Waals surface area contributed by atoms with Gasteiger partial charge in [0.05, 0.1) is 17.0 Å². The molecule has 2 fully saturated rings. The van der Waals surface area contributed by atoms with Crippen LogP contribution in [0.4, 0.5) is 5.95 Å². The van der Waals surface area contributed by atoms with Crippen LogP contribution in [0.5, 0.6) is 0 Å². The number of pyridine rings is 1. The summed E-state index contributed by atoms with van der Waals surface area (Å²) in [5, 5.41) is 19.5. The number of nitrogens with zero attached hydrogens (tertiary/aromatic N) is 6. The second-order valence-corrected chi connectivity index (χ2v) is 10.9. The summed E-state index contributed by atoms with van der Waals surface area (Å²) in [5.74, 6) is 1.13. The van der Waals surface area contributed by atoms with Gasteiger partial charge in [-0.25, -0.2) is 14.4 Å². The highest BCUT2D eigenvalue weighted by atomic mass is 16.3. The molecular formula is C29H29N7O. The monoisotopic (exact) mass is 491 g/mol. The van der Waals surface area contributed by atoms with E-state index in [1.807, 2.05) is 53.7 Å². The molecular weight excluding hydrogens is 462 g/mol. The van der Waals surface area contributed by atoms with Gasteiger partial charge in [0.1, 0.15) is 5.52 Å². The van der Waals surface area contributed by atoms with E-state index in [9.17, 15) is 5.11 Å². The number of anilines is 1. The van der Waals surface area contributed by atoms with Crippen LogP contribution in [-0.4, -0.2) is 49.4 Å². The summed E-state index contributed by atoms with van der Waals surface area (Å²) in [6.07, 6.45) is 3.48. The van der Waals surface area contributed by atoms with Gasteiger partial charge in [0.2, 0.25) is 5.95 Å². The zero-order chi connectivity index (χ0) is 25.4. The van der Waals surface area contributed by atoms with Crippen LogP contribution in [-0.2, 0) is 5.54 Å². The molecule has 0 spiro atoms. The lowest BCUT2D eigenvalue weighted by atomic mass is 9.60. The van der Waals surface area contributed by atoms with Gasteiger partial charge >= 0.3 is 0 Å². The molecule has 0 saturated heterocycles. The van der Waals surface area contributed by atoms with E-state index in [0.29, 0.717) is 30.4 Å². The number of rotatable bonds is 5. The van der Waals surface area contributed by atoms with E-state index in [0.717, 1.165) is 52.1 Å². The molecule has 2 saturated carbocycles. The van der Waals surface area contributed by atoms with E-state index in [1.165, 1.54) is 0 Å². The van der Waals surface area contributed by atoms with Crippen LogP contribution in [0.3, 0.4) is 0 Å². The first kappa shape index (κ1) is 22.3. The van der Waals surface area contributed by atoms with Crippen molar-refractivity contribution in [3.05, 3.63) is 72.3 Å². The Kier molecular flexibility index (Phi) is 4.71. The molecule has 2 aliphatic carbocycles. The highest BCUT2D eigenvalue weighted by molar-refractivity contribution is 5.86. The predicted octanol–water partition coefficient (Wildman–Crippen LogP) is 4.16. The van der Waals surface area contributed by atoms with E-state index in [2.05, 4.69) is 46.6 Å². The molecule has 37 heavy (non-hydrogen) atoms. The minimum Gasteiger partial charge on any atom is -0.389 e. The van der Waals surface area contributed by atoms with Crippen molar-refractivity contribution < 1.29 is 5.11 Å². The zero-order valence-electron chi connectivity index (χ0n) is 21.0. The molecule has 8 heteroatoms. The first-order valence-corrected chi connectivity index (χ1v) is 12.8. The van der Waals surface area contributed by atoms with Crippen molar-refractivity contribution in [2.45, 2.75) is 36.8 Å². The molecule has 0 atom stereocenters. The van der Waals surface area contributed by atoms with Gasteiger partial charge in [0.25, 0.3) is 0 Å². The van der Waals surface area contributed by atoms with Crippen molar-refractivity contribution in [3.8, 4) is 22.5 Å². The molecule has 3 N–H and O–H groups in total. The summed E-state index contributed by atoms with van der Waals surface area (Å²) in [6, 6.07) is 22.3. The number of hydrogen-bond acceptors (Lipinski definition) is 7. The molecule has 0 amide bonds. The lowest BCUT2D eigenvalue weighted by Crippen LogP contribution is -2.60. The van der Waals surface area contributed by atoms with E-state index in [4.69, 9.17) is 15.7 Å². The van der Waals surface area contributed by atoms with Gasteiger partial charge in [-0.1, -0.05) is 54.6 Å². The molecule has 3 heterocycles. The van der Waals surface area contributed by atoms with Crippen LogP contribution in [0.25, 0.3) is 39.3 Å². The van der Waals surface area contributed by atoms with Gasteiger partial charge in [-0.2, -0.15) is 0 Å². The fraction of sp³-hybridized carbons (Fsp3) is 0.310. The summed E-state index contributed by atoms with van der Waals surface area (Å²) >= 11 is 0. The first-order chi connectivity index (χ1) is 17.8. The molecule has 8 nitrogen and oxygen atoms in total. The highest BCUT2D eigenvalue weighted by Crippen LogP contribution is 2.57. The largest absolute Gasteiger partial charge is 0.389 e. The third kappa shape index (κ3) is 3.51. The topological polar surface area (TPSA) is 105 Å². The molecule has 3 aromatic heterocycles. The van der Waals surface area contributed by atoms with Crippen molar-refractivity contribution >= 4 is 22.8 Å². The molecule has 0 unspecified atom stereocenters. The third-order valence-electron chi connectivity index (χ3n) is 7.94. The molecule has 186 valence electrons. The predicted molar refractivity (Wildman–Crippen MR) is 144 cm³/mol. The lowest BCUT2D eigenvalue weighted by Gasteiger charge is -2.52. The van der Waals surface area contributed by atoms with Crippen molar-refractivity contribution in [1.29, 1.82) is 0 Å². The maximum absolute atomic E-state index is 10.8. The van der Waals surface area contributed by atoms with E-state index >= 15 is 0 Å². The van der Waals surface area contributed by atoms with Crippen LogP contribution in [0.15, 0.2) is 66.7 Å². The molecule has 5 aromatic rings. The van der Waals surface area contributed by atoms with Gasteiger partial charge in [-0.3, -0.25) is 0 Å². The number of aromatic nitrogens is 5. The number of nitrogens with two attached hydrogens (primary N) is 1. The van der Waals surface area contributed by atoms with Crippen molar-refractivity contribution in [2.75, 3.05) is 19.0 Å². The SMILES string of the molecule is CN(C)c1nnc2ccc3nc(-c4ccc([C@]5(N)C[C@@](O)(C6CC6)C5)cc4)c(-c4ccccc4)nc3n12. The number of benzene rings is 2. The second-order valence-electron chi connectivity index (χ2n) is 10.9. The van der Waals surface area contributed by atoms with Crippen molar-refractivity contribution in [3.63, 3.8) is 0 Å². The lowest BCUT2D eigenvalue weighted by molar-refractivity contribution is -0.106. The van der Waals surface area contributed by atoms with Crippen LogP contribution in [0, 0.1) is 5.92 Å². The van der Waals surface area contributed by atoms with Gasteiger partial charge in [0, 0.05) is 30.8 Å². The van der Waals surface area contributed by atoms with Crippen molar-refractivity contribution in [1.82, 2.24) is 24.6 Å². The fourth-order valence-corrected chi connectivity index (χ4v) is 5.87. The minimum absolute atomic E-state index is 0.426. The molecule has 0 bridgehead atoms. The van der Waals surface area contributed by atoms with Gasteiger partial charge in [0.15, 0.2) is 11.3 Å². The smallest absolute Gasteiger partial charge is 0.232 e. The summed E-state index contributed by atoms with van der Waals surface area (Å²) in [4.78, 5) is 12.2.